The summed E-state index contributed by atoms with van der Waals surface area (Å²) in [5.41, 5.74) is 8.36. The molecule has 8 nitrogen and oxygen atoms in total. The summed E-state index contributed by atoms with van der Waals surface area (Å²) in [6.07, 6.45) is 4.18. The van der Waals surface area contributed by atoms with Crippen LogP contribution < -0.4 is 15.2 Å². The molecule has 171 valence electrons. The van der Waals surface area contributed by atoms with E-state index in [4.69, 9.17) is 19.9 Å². The van der Waals surface area contributed by atoms with Crippen LogP contribution in [-0.4, -0.2) is 33.5 Å². The minimum atomic E-state index is -0.788. The highest BCUT2D eigenvalue weighted by Crippen LogP contribution is 2.34. The van der Waals surface area contributed by atoms with Gasteiger partial charge in [0.25, 0.3) is 0 Å². The second-order valence-electron chi connectivity index (χ2n) is 9.53. The van der Waals surface area contributed by atoms with Crippen LogP contribution >= 0.6 is 0 Å². The number of benzene rings is 1. The van der Waals surface area contributed by atoms with Crippen molar-refractivity contribution in [3.63, 3.8) is 0 Å². The van der Waals surface area contributed by atoms with Crippen LogP contribution in [0.3, 0.4) is 0 Å². The van der Waals surface area contributed by atoms with Crippen molar-refractivity contribution in [1.82, 2.24) is 9.55 Å². The van der Waals surface area contributed by atoms with E-state index in [0.29, 0.717) is 46.1 Å². The van der Waals surface area contributed by atoms with Crippen molar-refractivity contribution in [2.75, 3.05) is 6.61 Å². The van der Waals surface area contributed by atoms with E-state index < -0.39 is 11.8 Å². The Hall–Kier alpha value is -3.57. The predicted octanol–water partition coefficient (Wildman–Crippen LogP) is 4.50. The van der Waals surface area contributed by atoms with Crippen molar-refractivity contribution in [3.8, 4) is 23.4 Å². The standard InChI is InChI=1S/C25H27N4O4/c1-15-6-8-19(32-23(30)33-24(3,4)5)16(2)21(15)29-13-17(12-26)18-7-9-20(28-22(18)29)31-14-25(27)10-11-25/h6-9H,10-11,14,27H2,1-5H3. The summed E-state index contributed by atoms with van der Waals surface area (Å²) in [6.45, 7) is 9.46. The van der Waals surface area contributed by atoms with Crippen molar-refractivity contribution in [2.24, 2.45) is 5.73 Å². The number of aromatic nitrogens is 2. The lowest BCUT2D eigenvalue weighted by Gasteiger charge is -2.20. The molecule has 1 aliphatic rings. The third kappa shape index (κ3) is 4.78. The zero-order valence-electron chi connectivity index (χ0n) is 19.5. The van der Waals surface area contributed by atoms with E-state index >= 15 is 0 Å². The quantitative estimate of drug-likeness (QED) is 0.453. The number of carbonyl (C=O) groups excluding carboxylic acids is 1. The van der Waals surface area contributed by atoms with Crippen LogP contribution in [0.2, 0.25) is 0 Å². The smallest absolute Gasteiger partial charge is 0.476 e. The summed E-state index contributed by atoms with van der Waals surface area (Å²) in [5, 5.41) is 10.3. The third-order valence-electron chi connectivity index (χ3n) is 5.46. The highest BCUT2D eigenvalue weighted by Gasteiger charge is 2.39. The van der Waals surface area contributed by atoms with Crippen molar-refractivity contribution >= 4 is 17.2 Å². The van der Waals surface area contributed by atoms with Crippen LogP contribution in [-0.2, 0) is 4.74 Å². The maximum Gasteiger partial charge on any atom is 0.514 e. The van der Waals surface area contributed by atoms with Gasteiger partial charge in [-0.05, 0) is 65.2 Å². The van der Waals surface area contributed by atoms with Crippen LogP contribution in [0.4, 0.5) is 4.79 Å². The van der Waals surface area contributed by atoms with E-state index in [9.17, 15) is 10.1 Å². The van der Waals surface area contributed by atoms with E-state index in [-0.39, 0.29) is 5.54 Å². The molecule has 2 aromatic heterocycles. The summed E-state index contributed by atoms with van der Waals surface area (Å²) in [4.78, 5) is 16.9. The van der Waals surface area contributed by atoms with E-state index in [1.165, 1.54) is 0 Å². The Labute approximate surface area is 192 Å². The van der Waals surface area contributed by atoms with Gasteiger partial charge in [0.15, 0.2) is 5.65 Å². The van der Waals surface area contributed by atoms with Crippen molar-refractivity contribution in [1.29, 1.82) is 5.26 Å². The van der Waals surface area contributed by atoms with E-state index in [2.05, 4.69) is 17.3 Å². The highest BCUT2D eigenvalue weighted by atomic mass is 16.7. The second-order valence-corrected chi connectivity index (χ2v) is 9.53. The molecule has 0 bridgehead atoms. The number of nitriles is 1. The lowest BCUT2D eigenvalue weighted by atomic mass is 10.1. The van der Waals surface area contributed by atoms with Crippen molar-refractivity contribution in [2.45, 2.75) is 58.6 Å². The molecule has 1 aromatic carbocycles. The van der Waals surface area contributed by atoms with Gasteiger partial charge in [-0.15, -0.1) is 0 Å². The van der Waals surface area contributed by atoms with Crippen LogP contribution in [0.25, 0.3) is 16.7 Å². The number of hydrogen-bond acceptors (Lipinski definition) is 7. The fourth-order valence-electron chi connectivity index (χ4n) is 3.50. The van der Waals surface area contributed by atoms with Gasteiger partial charge in [-0.1, -0.05) is 6.07 Å². The number of nitrogens with zero attached hydrogens (tertiary/aromatic N) is 3. The van der Waals surface area contributed by atoms with Crippen LogP contribution in [0.15, 0.2) is 24.3 Å². The molecule has 3 aromatic rings. The Morgan fingerprint density at radius 2 is 2.00 bits per heavy atom. The lowest BCUT2D eigenvalue weighted by Crippen LogP contribution is -2.29. The molecule has 33 heavy (non-hydrogen) atoms. The molecule has 0 amide bonds. The number of pyridine rings is 1. The fourth-order valence-corrected chi connectivity index (χ4v) is 3.50. The van der Waals surface area contributed by atoms with Crippen LogP contribution in [0.5, 0.6) is 11.6 Å². The Balaban J connectivity index is 1.75. The van der Waals surface area contributed by atoms with E-state index in [1.807, 2.05) is 19.9 Å². The molecule has 8 heteroatoms. The zero-order valence-corrected chi connectivity index (χ0v) is 19.5. The monoisotopic (exact) mass is 447 g/mol. The van der Waals surface area contributed by atoms with Gasteiger partial charge >= 0.3 is 6.16 Å². The van der Waals surface area contributed by atoms with Crippen molar-refractivity contribution < 1.29 is 19.0 Å². The van der Waals surface area contributed by atoms with Crippen LogP contribution in [0.1, 0.15) is 50.3 Å². The SMILES string of the molecule is Cc1ccc(OC(=O)OC(C)(C)C)c(C)c1-n1[c]c(C#N)c2ccc(OCC3(N)CC3)nc21. The largest absolute Gasteiger partial charge is 0.514 e. The number of carbonyl (C=O) groups is 1. The molecule has 1 radical (unpaired) electrons. The van der Waals surface area contributed by atoms with Gasteiger partial charge in [-0.25, -0.2) is 4.79 Å². The summed E-state index contributed by atoms with van der Waals surface area (Å²) in [7, 11) is 0. The number of nitrogens with two attached hydrogens (primary N) is 1. The molecule has 0 spiro atoms. The average Bonchev–Trinajstić information content (AvgIpc) is 3.36. The summed E-state index contributed by atoms with van der Waals surface area (Å²) >= 11 is 0. The molecule has 0 aliphatic heterocycles. The maximum atomic E-state index is 12.2. The molecule has 2 heterocycles. The molecule has 4 rings (SSSR count). The van der Waals surface area contributed by atoms with Gasteiger partial charge in [0.2, 0.25) is 5.88 Å². The molecule has 0 unspecified atom stereocenters. The first-order chi connectivity index (χ1) is 15.5. The Bertz CT molecular complexity index is 1280. The minimum absolute atomic E-state index is 0.275. The van der Waals surface area contributed by atoms with Crippen molar-refractivity contribution in [3.05, 3.63) is 47.2 Å². The summed E-state index contributed by atoms with van der Waals surface area (Å²) in [6, 6.07) is 9.25. The Morgan fingerprint density at radius 1 is 1.27 bits per heavy atom. The van der Waals surface area contributed by atoms with Crippen LogP contribution in [0, 0.1) is 31.4 Å². The van der Waals surface area contributed by atoms with Gasteiger partial charge in [0.1, 0.15) is 24.0 Å². The molecule has 0 saturated heterocycles. The summed E-state index contributed by atoms with van der Waals surface area (Å²) < 4.78 is 18.3. The predicted molar refractivity (Wildman–Crippen MR) is 123 cm³/mol. The number of rotatable bonds is 5. The average molecular weight is 448 g/mol. The normalized spacial score (nSPS) is 14.6. The summed E-state index contributed by atoms with van der Waals surface area (Å²) in [5.74, 6) is 0.776. The van der Waals surface area contributed by atoms with Gasteiger partial charge < -0.3 is 19.9 Å². The maximum absolute atomic E-state index is 12.2. The Kier molecular flexibility index (Phi) is 5.54. The van der Waals surface area contributed by atoms with Gasteiger partial charge in [0, 0.05) is 17.0 Å². The van der Waals surface area contributed by atoms with Gasteiger partial charge in [0.05, 0.1) is 23.0 Å². The second kappa shape index (κ2) is 8.09. The van der Waals surface area contributed by atoms with Gasteiger partial charge in [-0.2, -0.15) is 10.2 Å². The molecule has 0 atom stereocenters. The number of aryl methyl sites for hydroxylation is 1. The minimum Gasteiger partial charge on any atom is -0.476 e. The molecule has 1 saturated carbocycles. The first-order valence-corrected chi connectivity index (χ1v) is 10.8. The third-order valence-corrected chi connectivity index (χ3v) is 5.46. The Morgan fingerprint density at radius 3 is 2.64 bits per heavy atom. The molecule has 1 fully saturated rings. The lowest BCUT2D eigenvalue weighted by molar-refractivity contribution is 0.0205. The molecule has 2 N–H and O–H groups in total. The first-order valence-electron chi connectivity index (χ1n) is 10.8. The molecular formula is C25H27N4O4. The first kappa shape index (κ1) is 22.6. The number of ether oxygens (including phenoxy) is 3. The fraction of sp³-hybridized carbons (Fsp3) is 0.400. The zero-order chi connectivity index (χ0) is 24.0. The van der Waals surface area contributed by atoms with E-state index in [1.54, 1.807) is 43.5 Å². The molecular weight excluding hydrogens is 420 g/mol. The van der Waals surface area contributed by atoms with E-state index in [0.717, 1.165) is 18.4 Å². The highest BCUT2D eigenvalue weighted by molar-refractivity contribution is 5.85. The number of fused-ring (bicyclic) bond motifs is 1. The van der Waals surface area contributed by atoms with Gasteiger partial charge in [-0.3, -0.25) is 4.57 Å². The molecule has 1 aliphatic carbocycles. The topological polar surface area (TPSA) is 112 Å². The number of hydrogen-bond donors (Lipinski definition) is 1.